The fraction of sp³-hybridized carbons (Fsp3) is 1.00. The highest BCUT2D eigenvalue weighted by molar-refractivity contribution is 7.87. The van der Waals surface area contributed by atoms with E-state index in [1.807, 2.05) is 0 Å². The Bertz CT molecular complexity index is 381. The van der Waals surface area contributed by atoms with Gasteiger partial charge in [-0.1, -0.05) is 0 Å². The summed E-state index contributed by atoms with van der Waals surface area (Å²) >= 11 is 0. The molecule has 1 aliphatic heterocycles. The number of nitrogens with two attached hydrogens (primary N) is 1. The fourth-order valence-corrected chi connectivity index (χ4v) is 3.92. The minimum Gasteiger partial charge on any atom is -0.376 e. The van der Waals surface area contributed by atoms with Gasteiger partial charge in [0, 0.05) is 24.6 Å². The van der Waals surface area contributed by atoms with E-state index in [2.05, 4.69) is 9.44 Å². The van der Waals surface area contributed by atoms with Crippen molar-refractivity contribution < 1.29 is 13.2 Å². The number of ether oxygens (including phenoxy) is 1. The summed E-state index contributed by atoms with van der Waals surface area (Å²) in [7, 11) is -3.41. The summed E-state index contributed by atoms with van der Waals surface area (Å²) in [6, 6.07) is -0.249. The maximum Gasteiger partial charge on any atom is 0.277 e. The molecule has 1 saturated heterocycles. The lowest BCUT2D eigenvalue weighted by molar-refractivity contribution is -0.00936. The number of rotatable bonds is 4. The van der Waals surface area contributed by atoms with E-state index < -0.39 is 10.2 Å². The quantitative estimate of drug-likeness (QED) is 0.575. The minimum absolute atomic E-state index is 0.0224. The molecule has 16 heavy (non-hydrogen) atoms. The number of hydrogen-bond acceptors (Lipinski definition) is 4. The summed E-state index contributed by atoms with van der Waals surface area (Å²) in [5, 5.41) is 0. The van der Waals surface area contributed by atoms with Crippen LogP contribution in [0.15, 0.2) is 0 Å². The van der Waals surface area contributed by atoms with Crippen molar-refractivity contribution in [1.29, 1.82) is 0 Å². The molecule has 3 aliphatic rings. The number of nitrogens with one attached hydrogen (secondary N) is 2. The van der Waals surface area contributed by atoms with E-state index in [1.54, 1.807) is 0 Å². The molecule has 92 valence electrons. The Kier molecular flexibility index (Phi) is 2.48. The van der Waals surface area contributed by atoms with Crippen LogP contribution in [-0.2, 0) is 14.9 Å². The first-order valence-electron chi connectivity index (χ1n) is 5.73. The van der Waals surface area contributed by atoms with Crippen LogP contribution in [0.4, 0.5) is 0 Å². The third-order valence-electron chi connectivity index (χ3n) is 3.64. The molecule has 3 fully saturated rings. The van der Waals surface area contributed by atoms with E-state index in [1.165, 1.54) is 0 Å². The van der Waals surface area contributed by atoms with Crippen LogP contribution in [0.3, 0.4) is 0 Å². The zero-order valence-corrected chi connectivity index (χ0v) is 9.74. The third kappa shape index (κ3) is 1.86. The summed E-state index contributed by atoms with van der Waals surface area (Å²) in [6.45, 7) is 0.692. The standard InChI is InChI=1S/C9H17N3O3S/c10-7-6-3-4-15-9(6)8(7)12-16(13,14)11-5-1-2-5/h5-9,11-12H,1-4,10H2. The average molecular weight is 247 g/mol. The molecule has 1 heterocycles. The summed E-state index contributed by atoms with van der Waals surface area (Å²) in [6.07, 6.45) is 2.78. The van der Waals surface area contributed by atoms with Crippen LogP contribution in [0.25, 0.3) is 0 Å². The summed E-state index contributed by atoms with van der Waals surface area (Å²) < 4.78 is 34.0. The second kappa shape index (κ2) is 3.64. The number of fused-ring (bicyclic) bond motifs is 1. The van der Waals surface area contributed by atoms with Gasteiger partial charge in [0.2, 0.25) is 0 Å². The molecule has 0 spiro atoms. The van der Waals surface area contributed by atoms with Gasteiger partial charge in [0.1, 0.15) is 0 Å². The monoisotopic (exact) mass is 247 g/mol. The molecule has 0 aromatic carbocycles. The number of hydrogen-bond donors (Lipinski definition) is 3. The molecular weight excluding hydrogens is 230 g/mol. The van der Waals surface area contributed by atoms with Gasteiger partial charge in [-0.05, 0) is 19.3 Å². The van der Waals surface area contributed by atoms with Crippen LogP contribution in [0, 0.1) is 5.92 Å². The van der Waals surface area contributed by atoms with Gasteiger partial charge in [-0.15, -0.1) is 0 Å². The van der Waals surface area contributed by atoms with Crippen molar-refractivity contribution in [2.75, 3.05) is 6.61 Å². The molecule has 0 bridgehead atoms. The van der Waals surface area contributed by atoms with E-state index in [9.17, 15) is 8.42 Å². The van der Waals surface area contributed by atoms with Gasteiger partial charge in [-0.3, -0.25) is 0 Å². The van der Waals surface area contributed by atoms with Gasteiger partial charge < -0.3 is 10.5 Å². The highest BCUT2D eigenvalue weighted by Crippen LogP contribution is 2.38. The molecule has 3 rings (SSSR count). The van der Waals surface area contributed by atoms with Gasteiger partial charge in [-0.2, -0.15) is 17.9 Å². The molecule has 0 amide bonds. The molecule has 2 aliphatic carbocycles. The first-order chi connectivity index (χ1) is 7.57. The summed E-state index contributed by atoms with van der Waals surface area (Å²) in [4.78, 5) is 0. The lowest BCUT2D eigenvalue weighted by Gasteiger charge is -2.45. The summed E-state index contributed by atoms with van der Waals surface area (Å²) in [5.74, 6) is 0.327. The van der Waals surface area contributed by atoms with Crippen molar-refractivity contribution in [3.63, 3.8) is 0 Å². The van der Waals surface area contributed by atoms with Crippen molar-refractivity contribution in [3.05, 3.63) is 0 Å². The van der Waals surface area contributed by atoms with Crippen LogP contribution >= 0.6 is 0 Å². The van der Waals surface area contributed by atoms with E-state index in [0.29, 0.717) is 12.5 Å². The molecule has 0 aromatic rings. The predicted molar refractivity (Wildman–Crippen MR) is 57.8 cm³/mol. The molecule has 4 unspecified atom stereocenters. The van der Waals surface area contributed by atoms with Crippen LogP contribution < -0.4 is 15.2 Å². The van der Waals surface area contributed by atoms with E-state index in [0.717, 1.165) is 19.3 Å². The van der Waals surface area contributed by atoms with Crippen molar-refractivity contribution in [2.24, 2.45) is 11.7 Å². The van der Waals surface area contributed by atoms with Crippen molar-refractivity contribution in [2.45, 2.75) is 43.5 Å². The fourth-order valence-electron chi connectivity index (χ4n) is 2.53. The average Bonchev–Trinajstić information content (AvgIpc) is 2.90. The Balaban J connectivity index is 1.61. The van der Waals surface area contributed by atoms with Crippen molar-refractivity contribution in [1.82, 2.24) is 9.44 Å². The van der Waals surface area contributed by atoms with Crippen LogP contribution in [0.5, 0.6) is 0 Å². The lowest BCUT2D eigenvalue weighted by Crippen LogP contribution is -2.69. The van der Waals surface area contributed by atoms with Crippen LogP contribution in [0.2, 0.25) is 0 Å². The molecule has 4 N–H and O–H groups in total. The Hall–Kier alpha value is -0.210. The van der Waals surface area contributed by atoms with Crippen molar-refractivity contribution in [3.8, 4) is 0 Å². The van der Waals surface area contributed by atoms with Crippen LogP contribution in [-0.4, -0.2) is 39.3 Å². The van der Waals surface area contributed by atoms with Gasteiger partial charge in [0.25, 0.3) is 10.2 Å². The van der Waals surface area contributed by atoms with Gasteiger partial charge in [0.15, 0.2) is 0 Å². The van der Waals surface area contributed by atoms with Crippen LogP contribution in [0.1, 0.15) is 19.3 Å². The molecule has 4 atom stereocenters. The topological polar surface area (TPSA) is 93.4 Å². The Labute approximate surface area is 95.1 Å². The molecule has 7 heteroatoms. The third-order valence-corrected chi connectivity index (χ3v) is 4.86. The van der Waals surface area contributed by atoms with Gasteiger partial charge in [0.05, 0.1) is 12.1 Å². The molecule has 2 saturated carbocycles. The summed E-state index contributed by atoms with van der Waals surface area (Å²) in [5.41, 5.74) is 5.93. The first-order valence-corrected chi connectivity index (χ1v) is 7.22. The van der Waals surface area contributed by atoms with E-state index in [4.69, 9.17) is 10.5 Å². The Morgan fingerprint density at radius 2 is 1.94 bits per heavy atom. The predicted octanol–water partition coefficient (Wildman–Crippen LogP) is -1.31. The van der Waals surface area contributed by atoms with E-state index >= 15 is 0 Å². The zero-order chi connectivity index (χ0) is 11.3. The second-order valence-electron chi connectivity index (χ2n) is 4.90. The maximum atomic E-state index is 11.7. The largest absolute Gasteiger partial charge is 0.376 e. The Morgan fingerprint density at radius 3 is 2.62 bits per heavy atom. The highest BCUT2D eigenvalue weighted by atomic mass is 32.2. The molecule has 0 aromatic heterocycles. The normalized spacial score (nSPS) is 42.8. The molecule has 0 radical (unpaired) electrons. The maximum absolute atomic E-state index is 11.7. The molecular formula is C9H17N3O3S. The second-order valence-corrected chi connectivity index (χ2v) is 6.38. The molecule has 6 nitrogen and oxygen atoms in total. The van der Waals surface area contributed by atoms with E-state index in [-0.39, 0.29) is 24.2 Å². The van der Waals surface area contributed by atoms with Gasteiger partial charge in [-0.25, -0.2) is 0 Å². The SMILES string of the molecule is NC1C2CCOC2C1NS(=O)(=O)NC1CC1. The highest BCUT2D eigenvalue weighted by Gasteiger charge is 2.53. The van der Waals surface area contributed by atoms with Crippen molar-refractivity contribution >= 4 is 10.2 Å². The minimum atomic E-state index is -3.41. The first kappa shape index (κ1) is 10.9. The lowest BCUT2D eigenvalue weighted by atomic mass is 9.73. The smallest absolute Gasteiger partial charge is 0.277 e. The Morgan fingerprint density at radius 1 is 1.19 bits per heavy atom. The zero-order valence-electron chi connectivity index (χ0n) is 8.93. The van der Waals surface area contributed by atoms with Gasteiger partial charge >= 0.3 is 0 Å².